The molecule has 0 radical (unpaired) electrons. The summed E-state index contributed by atoms with van der Waals surface area (Å²) >= 11 is 0. The van der Waals surface area contributed by atoms with Crippen LogP contribution >= 0.6 is 0 Å². The summed E-state index contributed by atoms with van der Waals surface area (Å²) in [4.78, 5) is 12.0. The zero-order chi connectivity index (χ0) is 11.9. The summed E-state index contributed by atoms with van der Waals surface area (Å²) in [5, 5.41) is 0.828. The first-order valence-corrected chi connectivity index (χ1v) is 5.60. The zero-order valence-electron chi connectivity index (χ0n) is 10.2. The lowest BCUT2D eigenvalue weighted by atomic mass is 10.0. The number of hydrogen-bond donors (Lipinski definition) is 0. The van der Waals surface area contributed by atoms with E-state index in [-0.39, 0.29) is 5.43 Å². The quantitative estimate of drug-likeness (QED) is 0.716. The summed E-state index contributed by atoms with van der Waals surface area (Å²) in [6.45, 7) is 6.15. The molecule has 1 heterocycles. The number of fused-ring (bicyclic) bond motifs is 1. The first-order chi connectivity index (χ1) is 7.50. The van der Waals surface area contributed by atoms with Gasteiger partial charge in [-0.2, -0.15) is 0 Å². The summed E-state index contributed by atoms with van der Waals surface area (Å²) in [5.41, 5.74) is 3.17. The number of aryl methyl sites for hydroxylation is 2. The van der Waals surface area contributed by atoms with Gasteiger partial charge in [0.1, 0.15) is 0 Å². The lowest BCUT2D eigenvalue weighted by Gasteiger charge is -2.10. The molecular formula is C14H17NO. The van der Waals surface area contributed by atoms with Gasteiger partial charge in [-0.1, -0.05) is 19.9 Å². The monoisotopic (exact) mass is 215 g/mol. The largest absolute Gasteiger partial charge is 0.350 e. The molecule has 2 aromatic rings. The van der Waals surface area contributed by atoms with Gasteiger partial charge in [-0.15, -0.1) is 0 Å². The van der Waals surface area contributed by atoms with E-state index in [0.717, 1.165) is 16.5 Å². The molecular weight excluding hydrogens is 198 g/mol. The molecule has 2 heteroatoms. The molecule has 0 bridgehead atoms. The van der Waals surface area contributed by atoms with Gasteiger partial charge in [-0.3, -0.25) is 4.79 Å². The van der Waals surface area contributed by atoms with E-state index in [1.807, 2.05) is 36.9 Å². The van der Waals surface area contributed by atoms with Crippen molar-refractivity contribution < 1.29 is 0 Å². The molecule has 0 spiro atoms. The van der Waals surface area contributed by atoms with Crippen molar-refractivity contribution >= 4 is 10.9 Å². The fourth-order valence-electron chi connectivity index (χ4n) is 2.03. The molecule has 0 atom stereocenters. The number of benzene rings is 1. The molecule has 0 aliphatic carbocycles. The predicted molar refractivity (Wildman–Crippen MR) is 68.0 cm³/mol. The molecule has 0 saturated carbocycles. The number of pyridine rings is 1. The number of rotatable bonds is 1. The van der Waals surface area contributed by atoms with Crippen molar-refractivity contribution in [3.63, 3.8) is 0 Å². The number of hydrogen-bond acceptors (Lipinski definition) is 1. The van der Waals surface area contributed by atoms with Gasteiger partial charge in [0.25, 0.3) is 0 Å². The highest BCUT2D eigenvalue weighted by Crippen LogP contribution is 2.19. The van der Waals surface area contributed by atoms with Gasteiger partial charge in [-0.05, 0) is 30.5 Å². The minimum atomic E-state index is 0.149. The van der Waals surface area contributed by atoms with E-state index in [9.17, 15) is 4.79 Å². The Balaban J connectivity index is 2.87. The second-order valence-corrected chi connectivity index (χ2v) is 4.68. The highest BCUT2D eigenvalue weighted by Gasteiger charge is 2.06. The Morgan fingerprint density at radius 2 is 1.94 bits per heavy atom. The molecule has 1 aromatic heterocycles. The normalized spacial score (nSPS) is 11.3. The highest BCUT2D eigenvalue weighted by molar-refractivity contribution is 5.80. The molecule has 0 aliphatic heterocycles. The van der Waals surface area contributed by atoms with Crippen LogP contribution in [0.1, 0.15) is 30.9 Å². The molecule has 0 aliphatic rings. The Bertz CT molecular complexity index is 593. The maximum Gasteiger partial charge on any atom is 0.192 e. The van der Waals surface area contributed by atoms with E-state index >= 15 is 0 Å². The zero-order valence-corrected chi connectivity index (χ0v) is 10.2. The van der Waals surface area contributed by atoms with Gasteiger partial charge in [0.15, 0.2) is 5.43 Å². The van der Waals surface area contributed by atoms with Gasteiger partial charge in [0, 0.05) is 24.2 Å². The first kappa shape index (κ1) is 10.9. The summed E-state index contributed by atoms with van der Waals surface area (Å²) in [6.07, 6.45) is 1.89. The van der Waals surface area contributed by atoms with E-state index in [1.165, 1.54) is 5.56 Å². The molecule has 1 aromatic carbocycles. The Labute approximate surface area is 95.5 Å². The van der Waals surface area contributed by atoms with Crippen LogP contribution in [0.4, 0.5) is 0 Å². The van der Waals surface area contributed by atoms with Crippen LogP contribution in [-0.4, -0.2) is 4.57 Å². The second-order valence-electron chi connectivity index (χ2n) is 4.68. The molecule has 0 N–H and O–H groups in total. The smallest absolute Gasteiger partial charge is 0.192 e. The summed E-state index contributed by atoms with van der Waals surface area (Å²) < 4.78 is 2.01. The fraction of sp³-hybridized carbons (Fsp3) is 0.357. The highest BCUT2D eigenvalue weighted by atomic mass is 16.1. The van der Waals surface area contributed by atoms with Crippen LogP contribution in [0.25, 0.3) is 10.9 Å². The van der Waals surface area contributed by atoms with Gasteiger partial charge >= 0.3 is 0 Å². The molecule has 0 unspecified atom stereocenters. The van der Waals surface area contributed by atoms with E-state index in [2.05, 4.69) is 19.9 Å². The van der Waals surface area contributed by atoms with Crippen LogP contribution in [0, 0.1) is 6.92 Å². The second kappa shape index (κ2) is 3.78. The van der Waals surface area contributed by atoms with Crippen LogP contribution in [0.5, 0.6) is 0 Å². The molecule has 2 rings (SSSR count). The van der Waals surface area contributed by atoms with Gasteiger partial charge in [-0.25, -0.2) is 0 Å². The molecule has 16 heavy (non-hydrogen) atoms. The summed E-state index contributed by atoms with van der Waals surface area (Å²) in [7, 11) is 1.98. The average Bonchev–Trinajstić information content (AvgIpc) is 2.25. The Morgan fingerprint density at radius 3 is 2.56 bits per heavy atom. The molecule has 0 fully saturated rings. The van der Waals surface area contributed by atoms with Gasteiger partial charge in [0.2, 0.25) is 0 Å². The van der Waals surface area contributed by atoms with Crippen LogP contribution in [0.3, 0.4) is 0 Å². The topological polar surface area (TPSA) is 22.0 Å². The van der Waals surface area contributed by atoms with Crippen molar-refractivity contribution in [1.29, 1.82) is 0 Å². The lowest BCUT2D eigenvalue weighted by molar-refractivity contribution is 0.866. The van der Waals surface area contributed by atoms with Crippen molar-refractivity contribution in [3.05, 3.63) is 45.7 Å². The minimum Gasteiger partial charge on any atom is -0.350 e. The molecule has 0 amide bonds. The van der Waals surface area contributed by atoms with Gasteiger partial charge in [0.05, 0.1) is 5.52 Å². The molecule has 0 saturated heterocycles. The van der Waals surface area contributed by atoms with Crippen molar-refractivity contribution in [2.24, 2.45) is 7.05 Å². The van der Waals surface area contributed by atoms with E-state index in [4.69, 9.17) is 0 Å². The third-order valence-corrected chi connectivity index (χ3v) is 3.06. The van der Waals surface area contributed by atoms with E-state index in [0.29, 0.717) is 5.92 Å². The number of nitrogens with zero attached hydrogens (tertiary/aromatic N) is 1. The van der Waals surface area contributed by atoms with Crippen molar-refractivity contribution in [2.75, 3.05) is 0 Å². The molecule has 84 valence electrons. The van der Waals surface area contributed by atoms with E-state index in [1.54, 1.807) is 0 Å². The fourth-order valence-corrected chi connectivity index (χ4v) is 2.03. The van der Waals surface area contributed by atoms with Crippen molar-refractivity contribution in [2.45, 2.75) is 26.7 Å². The number of aromatic nitrogens is 1. The first-order valence-electron chi connectivity index (χ1n) is 5.60. The Morgan fingerprint density at radius 1 is 1.25 bits per heavy atom. The van der Waals surface area contributed by atoms with Gasteiger partial charge < -0.3 is 4.57 Å². The van der Waals surface area contributed by atoms with Crippen molar-refractivity contribution in [1.82, 2.24) is 4.57 Å². The molecule has 2 nitrogen and oxygen atoms in total. The lowest BCUT2D eigenvalue weighted by Crippen LogP contribution is -2.10. The van der Waals surface area contributed by atoms with Crippen LogP contribution in [-0.2, 0) is 7.05 Å². The maximum atomic E-state index is 12.0. The van der Waals surface area contributed by atoms with Crippen LogP contribution < -0.4 is 5.43 Å². The maximum absolute atomic E-state index is 12.0. The van der Waals surface area contributed by atoms with Crippen LogP contribution in [0.15, 0.2) is 29.2 Å². The van der Waals surface area contributed by atoms with E-state index < -0.39 is 0 Å². The Kier molecular flexibility index (Phi) is 2.58. The Hall–Kier alpha value is -1.57. The summed E-state index contributed by atoms with van der Waals surface area (Å²) in [6, 6.07) is 6.16. The van der Waals surface area contributed by atoms with Crippen LogP contribution in [0.2, 0.25) is 0 Å². The predicted octanol–water partition coefficient (Wildman–Crippen LogP) is 2.97. The third-order valence-electron chi connectivity index (χ3n) is 3.06. The summed E-state index contributed by atoms with van der Waals surface area (Å²) in [5.74, 6) is 0.453. The minimum absolute atomic E-state index is 0.149. The SMILES string of the molecule is Cc1cn(C)c2ccc(C(C)C)cc2c1=O. The standard InChI is InChI=1S/C14H17NO/c1-9(2)11-5-6-13-12(7-11)14(16)10(3)8-15(13)4/h5-9H,1-4H3. The van der Waals surface area contributed by atoms with Crippen molar-refractivity contribution in [3.8, 4) is 0 Å². The third kappa shape index (κ3) is 1.64. The average molecular weight is 215 g/mol.